The lowest BCUT2D eigenvalue weighted by Crippen LogP contribution is -2.47. The largest absolute Gasteiger partial charge is 0.314 e. The molecule has 1 aliphatic carbocycles. The molecule has 1 N–H and O–H groups in total. The number of nitrogens with zero attached hydrogens (tertiary/aromatic N) is 3. The molecule has 84 valence electrons. The molecular formula is C11H20N4. The van der Waals surface area contributed by atoms with E-state index >= 15 is 0 Å². The Bertz CT molecular complexity index is 312. The Labute approximate surface area is 91.1 Å². The molecule has 2 rings (SSSR count). The molecule has 1 saturated carbocycles. The Morgan fingerprint density at radius 1 is 1.40 bits per heavy atom. The van der Waals surface area contributed by atoms with Gasteiger partial charge in [0.05, 0.1) is 0 Å². The summed E-state index contributed by atoms with van der Waals surface area (Å²) in [6.07, 6.45) is 9.20. The Hall–Kier alpha value is -0.900. The number of hydrogen-bond donors (Lipinski definition) is 1. The first-order chi connectivity index (χ1) is 7.26. The summed E-state index contributed by atoms with van der Waals surface area (Å²) in [7, 11) is 4.04. The van der Waals surface area contributed by atoms with Gasteiger partial charge >= 0.3 is 0 Å². The van der Waals surface area contributed by atoms with Gasteiger partial charge in [-0.05, 0) is 19.9 Å². The summed E-state index contributed by atoms with van der Waals surface area (Å²) >= 11 is 0. The van der Waals surface area contributed by atoms with Crippen LogP contribution in [0, 0.1) is 0 Å². The molecule has 0 atom stereocenters. The predicted octanol–water partition coefficient (Wildman–Crippen LogP) is 1.28. The van der Waals surface area contributed by atoms with Crippen molar-refractivity contribution in [3.63, 3.8) is 0 Å². The fraction of sp³-hybridized carbons (Fsp3) is 0.818. The van der Waals surface area contributed by atoms with Gasteiger partial charge in [-0.25, -0.2) is 4.98 Å². The first kappa shape index (κ1) is 10.6. The van der Waals surface area contributed by atoms with Crippen molar-refractivity contribution in [1.29, 1.82) is 0 Å². The van der Waals surface area contributed by atoms with Gasteiger partial charge in [-0.3, -0.25) is 4.68 Å². The van der Waals surface area contributed by atoms with E-state index in [1.807, 2.05) is 11.7 Å². The van der Waals surface area contributed by atoms with Crippen LogP contribution in [0.2, 0.25) is 0 Å². The number of hydrogen-bond acceptors (Lipinski definition) is 3. The maximum atomic E-state index is 4.31. The van der Waals surface area contributed by atoms with Crippen molar-refractivity contribution in [2.45, 2.75) is 44.1 Å². The maximum Gasteiger partial charge on any atom is 0.138 e. The molecule has 4 nitrogen and oxygen atoms in total. The Kier molecular flexibility index (Phi) is 3.05. The number of nitrogens with one attached hydrogen (secondary N) is 1. The van der Waals surface area contributed by atoms with Crippen LogP contribution in [0.15, 0.2) is 6.33 Å². The molecule has 4 heteroatoms. The minimum atomic E-state index is 0.263. The highest BCUT2D eigenvalue weighted by atomic mass is 15.3. The molecule has 0 saturated heterocycles. The lowest BCUT2D eigenvalue weighted by Gasteiger charge is -2.36. The molecule has 1 heterocycles. The highest BCUT2D eigenvalue weighted by molar-refractivity contribution is 4.99. The van der Waals surface area contributed by atoms with Gasteiger partial charge in [0, 0.05) is 19.0 Å². The second-order valence-corrected chi connectivity index (χ2v) is 4.57. The van der Waals surface area contributed by atoms with E-state index in [-0.39, 0.29) is 5.54 Å². The van der Waals surface area contributed by atoms with E-state index in [0.717, 1.165) is 12.2 Å². The van der Waals surface area contributed by atoms with Gasteiger partial charge in [0.15, 0.2) is 0 Å². The SMILES string of the molecule is CNC1(Cc2ncnn2C)CCCCC1. The molecule has 0 aromatic carbocycles. The molecule has 0 bridgehead atoms. The second kappa shape index (κ2) is 4.31. The molecule has 1 fully saturated rings. The van der Waals surface area contributed by atoms with Gasteiger partial charge in [0.1, 0.15) is 12.2 Å². The maximum absolute atomic E-state index is 4.31. The molecule has 0 unspecified atom stereocenters. The number of aryl methyl sites for hydroxylation is 1. The fourth-order valence-corrected chi connectivity index (χ4v) is 2.53. The zero-order chi connectivity index (χ0) is 10.7. The van der Waals surface area contributed by atoms with Crippen LogP contribution in [0.25, 0.3) is 0 Å². The summed E-state index contributed by atoms with van der Waals surface area (Å²) in [5, 5.41) is 7.63. The summed E-state index contributed by atoms with van der Waals surface area (Å²) < 4.78 is 1.88. The van der Waals surface area contributed by atoms with Crippen molar-refractivity contribution < 1.29 is 0 Å². The molecule has 1 aromatic rings. The first-order valence-corrected chi connectivity index (χ1v) is 5.78. The summed E-state index contributed by atoms with van der Waals surface area (Å²) in [6.45, 7) is 0. The molecule has 0 radical (unpaired) electrons. The zero-order valence-electron chi connectivity index (χ0n) is 9.66. The van der Waals surface area contributed by atoms with E-state index in [9.17, 15) is 0 Å². The second-order valence-electron chi connectivity index (χ2n) is 4.57. The molecule has 1 aromatic heterocycles. The minimum Gasteiger partial charge on any atom is -0.314 e. The van der Waals surface area contributed by atoms with Crippen LogP contribution in [0.4, 0.5) is 0 Å². The van der Waals surface area contributed by atoms with Crippen LogP contribution < -0.4 is 5.32 Å². The Morgan fingerprint density at radius 3 is 2.67 bits per heavy atom. The number of aromatic nitrogens is 3. The van der Waals surface area contributed by atoms with Crippen LogP contribution in [0.5, 0.6) is 0 Å². The van der Waals surface area contributed by atoms with Crippen LogP contribution >= 0.6 is 0 Å². The number of likely N-dealkylation sites (N-methyl/N-ethyl adjacent to an activating group) is 1. The highest BCUT2D eigenvalue weighted by Crippen LogP contribution is 2.30. The molecule has 15 heavy (non-hydrogen) atoms. The van der Waals surface area contributed by atoms with Gasteiger partial charge in [-0.1, -0.05) is 19.3 Å². The van der Waals surface area contributed by atoms with E-state index in [1.54, 1.807) is 6.33 Å². The molecule has 1 aliphatic rings. The minimum absolute atomic E-state index is 0.263. The average molecular weight is 208 g/mol. The van der Waals surface area contributed by atoms with Crippen molar-refractivity contribution in [1.82, 2.24) is 20.1 Å². The molecule has 0 spiro atoms. The van der Waals surface area contributed by atoms with Gasteiger partial charge in [0.25, 0.3) is 0 Å². The third kappa shape index (κ3) is 2.20. The first-order valence-electron chi connectivity index (χ1n) is 5.78. The average Bonchev–Trinajstić information content (AvgIpc) is 2.66. The van der Waals surface area contributed by atoms with Crippen molar-refractivity contribution in [2.75, 3.05) is 7.05 Å². The van der Waals surface area contributed by atoms with E-state index in [0.29, 0.717) is 0 Å². The van der Waals surface area contributed by atoms with Crippen molar-refractivity contribution in [3.8, 4) is 0 Å². The Morgan fingerprint density at radius 2 is 2.13 bits per heavy atom. The standard InChI is InChI=1S/C11H20N4/c1-12-11(6-4-3-5-7-11)8-10-13-9-14-15(10)2/h9,12H,3-8H2,1-2H3. The van der Waals surface area contributed by atoms with Crippen molar-refractivity contribution >= 4 is 0 Å². The van der Waals surface area contributed by atoms with E-state index in [4.69, 9.17) is 0 Å². The van der Waals surface area contributed by atoms with Gasteiger partial charge < -0.3 is 5.32 Å². The predicted molar refractivity (Wildman–Crippen MR) is 59.6 cm³/mol. The highest BCUT2D eigenvalue weighted by Gasteiger charge is 2.31. The lowest BCUT2D eigenvalue weighted by atomic mass is 9.79. The van der Waals surface area contributed by atoms with E-state index in [2.05, 4.69) is 22.4 Å². The summed E-state index contributed by atoms with van der Waals surface area (Å²) in [4.78, 5) is 4.31. The van der Waals surface area contributed by atoms with Crippen LogP contribution in [0.3, 0.4) is 0 Å². The molecule has 0 amide bonds. The normalized spacial score (nSPS) is 20.4. The van der Waals surface area contributed by atoms with Gasteiger partial charge in [-0.2, -0.15) is 5.10 Å². The lowest BCUT2D eigenvalue weighted by molar-refractivity contribution is 0.239. The van der Waals surface area contributed by atoms with Gasteiger partial charge in [-0.15, -0.1) is 0 Å². The quantitative estimate of drug-likeness (QED) is 0.813. The Balaban J connectivity index is 2.10. The van der Waals surface area contributed by atoms with E-state index in [1.165, 1.54) is 32.1 Å². The van der Waals surface area contributed by atoms with Crippen LogP contribution in [-0.2, 0) is 13.5 Å². The topological polar surface area (TPSA) is 42.7 Å². The van der Waals surface area contributed by atoms with E-state index < -0.39 is 0 Å². The summed E-state index contributed by atoms with van der Waals surface area (Å²) in [5.74, 6) is 1.09. The summed E-state index contributed by atoms with van der Waals surface area (Å²) in [5.41, 5.74) is 0.263. The van der Waals surface area contributed by atoms with Crippen molar-refractivity contribution in [2.24, 2.45) is 7.05 Å². The number of rotatable bonds is 3. The third-order valence-electron chi connectivity index (χ3n) is 3.64. The molecular weight excluding hydrogens is 188 g/mol. The zero-order valence-corrected chi connectivity index (χ0v) is 9.66. The molecule has 0 aliphatic heterocycles. The van der Waals surface area contributed by atoms with Crippen LogP contribution in [-0.4, -0.2) is 27.4 Å². The monoisotopic (exact) mass is 208 g/mol. The summed E-state index contributed by atoms with van der Waals surface area (Å²) in [6, 6.07) is 0. The van der Waals surface area contributed by atoms with Gasteiger partial charge in [0.2, 0.25) is 0 Å². The fourth-order valence-electron chi connectivity index (χ4n) is 2.53. The third-order valence-corrected chi connectivity index (χ3v) is 3.64. The smallest absolute Gasteiger partial charge is 0.138 e. The van der Waals surface area contributed by atoms with Crippen LogP contribution in [0.1, 0.15) is 37.9 Å². The van der Waals surface area contributed by atoms with Crippen molar-refractivity contribution in [3.05, 3.63) is 12.2 Å².